The van der Waals surface area contributed by atoms with Crippen LogP contribution in [0.1, 0.15) is 40.5 Å². The van der Waals surface area contributed by atoms with Gasteiger partial charge in [-0.1, -0.05) is 6.92 Å². The Labute approximate surface area is 92.8 Å². The summed E-state index contributed by atoms with van der Waals surface area (Å²) in [6.07, 6.45) is 1.78. The molecule has 3 nitrogen and oxygen atoms in total. The van der Waals surface area contributed by atoms with Crippen LogP contribution in [0.3, 0.4) is 0 Å². The quantitative estimate of drug-likeness (QED) is 0.672. The fourth-order valence-corrected chi connectivity index (χ4v) is 1.87. The van der Waals surface area contributed by atoms with Gasteiger partial charge in [0.05, 0.1) is 6.42 Å². The number of hydrogen-bond donors (Lipinski definition) is 0. The predicted octanol–water partition coefficient (Wildman–Crippen LogP) is 2.06. The Bertz CT molecular complexity index is 220. The van der Waals surface area contributed by atoms with Crippen molar-refractivity contribution in [3.63, 3.8) is 0 Å². The van der Waals surface area contributed by atoms with Gasteiger partial charge >= 0.3 is 5.97 Å². The van der Waals surface area contributed by atoms with Crippen LogP contribution in [0, 0.1) is 5.92 Å². The first kappa shape index (κ1) is 12.5. The molecule has 1 aliphatic rings. The van der Waals surface area contributed by atoms with Crippen molar-refractivity contribution in [2.45, 2.75) is 46.1 Å². The van der Waals surface area contributed by atoms with E-state index >= 15 is 0 Å². The molecule has 0 aromatic heterocycles. The highest BCUT2D eigenvalue weighted by molar-refractivity contribution is 5.70. The third kappa shape index (κ3) is 5.17. The van der Waals surface area contributed by atoms with E-state index in [9.17, 15) is 4.79 Å². The van der Waals surface area contributed by atoms with E-state index in [2.05, 4.69) is 11.8 Å². The number of esters is 1. The lowest BCUT2D eigenvalue weighted by atomic mass is 10.2. The predicted molar refractivity (Wildman–Crippen MR) is 60.7 cm³/mol. The first-order valence-electron chi connectivity index (χ1n) is 5.81. The zero-order valence-corrected chi connectivity index (χ0v) is 10.4. The zero-order valence-electron chi connectivity index (χ0n) is 10.4. The summed E-state index contributed by atoms with van der Waals surface area (Å²) in [5.41, 5.74) is -0.352. The molecule has 1 atom stereocenters. The van der Waals surface area contributed by atoms with Gasteiger partial charge in [0.2, 0.25) is 0 Å². The molecule has 1 fully saturated rings. The van der Waals surface area contributed by atoms with Gasteiger partial charge in [-0.3, -0.25) is 4.79 Å². The van der Waals surface area contributed by atoms with Crippen molar-refractivity contribution in [2.75, 3.05) is 19.6 Å². The van der Waals surface area contributed by atoms with Gasteiger partial charge in [-0.25, -0.2) is 0 Å². The topological polar surface area (TPSA) is 29.5 Å². The summed E-state index contributed by atoms with van der Waals surface area (Å²) < 4.78 is 5.26. The number of likely N-dealkylation sites (tertiary alicyclic amines) is 1. The van der Waals surface area contributed by atoms with Gasteiger partial charge in [0, 0.05) is 13.1 Å². The van der Waals surface area contributed by atoms with Crippen LogP contribution in [0.2, 0.25) is 0 Å². The van der Waals surface area contributed by atoms with E-state index in [1.165, 1.54) is 6.42 Å². The van der Waals surface area contributed by atoms with Crippen LogP contribution in [0.4, 0.5) is 0 Å². The molecule has 3 heteroatoms. The van der Waals surface area contributed by atoms with Crippen LogP contribution in [0.15, 0.2) is 0 Å². The number of carbonyl (C=O) groups is 1. The van der Waals surface area contributed by atoms with E-state index in [0.29, 0.717) is 6.42 Å². The third-order valence-electron chi connectivity index (χ3n) is 2.56. The van der Waals surface area contributed by atoms with Crippen molar-refractivity contribution < 1.29 is 9.53 Å². The highest BCUT2D eigenvalue weighted by atomic mass is 16.6. The van der Waals surface area contributed by atoms with E-state index in [1.54, 1.807) is 0 Å². The Morgan fingerprint density at radius 2 is 2.13 bits per heavy atom. The average molecular weight is 213 g/mol. The van der Waals surface area contributed by atoms with Crippen molar-refractivity contribution in [1.82, 2.24) is 4.90 Å². The largest absolute Gasteiger partial charge is 0.460 e. The standard InChI is InChI=1S/C12H23NO2/c1-10-5-7-13(9-10)8-6-11(14)15-12(2,3)4/h10H,5-9H2,1-4H3. The van der Waals surface area contributed by atoms with Gasteiger partial charge in [-0.05, 0) is 39.7 Å². The van der Waals surface area contributed by atoms with E-state index < -0.39 is 0 Å². The summed E-state index contributed by atoms with van der Waals surface area (Å²) in [5.74, 6) is 0.700. The lowest BCUT2D eigenvalue weighted by Gasteiger charge is -2.21. The van der Waals surface area contributed by atoms with Crippen molar-refractivity contribution in [3.05, 3.63) is 0 Å². The van der Waals surface area contributed by atoms with E-state index in [0.717, 1.165) is 25.6 Å². The minimum Gasteiger partial charge on any atom is -0.460 e. The van der Waals surface area contributed by atoms with Gasteiger partial charge < -0.3 is 9.64 Å². The SMILES string of the molecule is CC1CCN(CCC(=O)OC(C)(C)C)C1. The highest BCUT2D eigenvalue weighted by Crippen LogP contribution is 2.15. The minimum absolute atomic E-state index is 0.0814. The molecule has 0 aliphatic carbocycles. The first-order valence-corrected chi connectivity index (χ1v) is 5.81. The van der Waals surface area contributed by atoms with Crippen molar-refractivity contribution in [1.29, 1.82) is 0 Å². The second-order valence-corrected chi connectivity index (χ2v) is 5.53. The van der Waals surface area contributed by atoms with Gasteiger partial charge in [0.15, 0.2) is 0 Å². The molecule has 0 aromatic carbocycles. The van der Waals surface area contributed by atoms with Crippen LogP contribution < -0.4 is 0 Å². The fourth-order valence-electron chi connectivity index (χ4n) is 1.87. The number of rotatable bonds is 3. The van der Waals surface area contributed by atoms with Crippen molar-refractivity contribution in [3.8, 4) is 0 Å². The highest BCUT2D eigenvalue weighted by Gasteiger charge is 2.21. The first-order chi connectivity index (χ1) is 6.87. The summed E-state index contributed by atoms with van der Waals surface area (Å²) >= 11 is 0. The molecule has 0 spiro atoms. The Morgan fingerprint density at radius 1 is 1.47 bits per heavy atom. The summed E-state index contributed by atoms with van der Waals surface area (Å²) in [6.45, 7) is 11.1. The van der Waals surface area contributed by atoms with Gasteiger partial charge in [-0.15, -0.1) is 0 Å². The monoisotopic (exact) mass is 213 g/mol. The Balaban J connectivity index is 2.17. The third-order valence-corrected chi connectivity index (χ3v) is 2.56. The molecule has 0 aromatic rings. The zero-order chi connectivity index (χ0) is 11.5. The molecule has 0 N–H and O–H groups in total. The maximum absolute atomic E-state index is 11.4. The Morgan fingerprint density at radius 3 is 2.60 bits per heavy atom. The van der Waals surface area contributed by atoms with Gasteiger partial charge in [0.25, 0.3) is 0 Å². The maximum atomic E-state index is 11.4. The normalized spacial score (nSPS) is 23.1. The molecule has 0 saturated carbocycles. The lowest BCUT2D eigenvalue weighted by Crippen LogP contribution is -2.28. The van der Waals surface area contributed by atoms with Crippen LogP contribution in [0.5, 0.6) is 0 Å². The molecule has 1 rings (SSSR count). The number of ether oxygens (including phenoxy) is 1. The van der Waals surface area contributed by atoms with Crippen molar-refractivity contribution >= 4 is 5.97 Å². The second kappa shape index (κ2) is 4.97. The van der Waals surface area contributed by atoms with Crippen LogP contribution >= 0.6 is 0 Å². The molecule has 0 bridgehead atoms. The summed E-state index contributed by atoms with van der Waals surface area (Å²) in [6, 6.07) is 0. The second-order valence-electron chi connectivity index (χ2n) is 5.53. The molecule has 1 unspecified atom stereocenters. The van der Waals surface area contributed by atoms with E-state index in [4.69, 9.17) is 4.74 Å². The van der Waals surface area contributed by atoms with Gasteiger partial charge in [0.1, 0.15) is 5.60 Å². The number of hydrogen-bond acceptors (Lipinski definition) is 3. The molecule has 0 amide bonds. The maximum Gasteiger partial charge on any atom is 0.307 e. The number of nitrogens with zero attached hydrogens (tertiary/aromatic N) is 1. The van der Waals surface area contributed by atoms with Crippen molar-refractivity contribution in [2.24, 2.45) is 5.92 Å². The summed E-state index contributed by atoms with van der Waals surface area (Å²) in [4.78, 5) is 13.8. The van der Waals surface area contributed by atoms with E-state index in [1.807, 2.05) is 20.8 Å². The number of carbonyl (C=O) groups excluding carboxylic acids is 1. The molecule has 1 saturated heterocycles. The summed E-state index contributed by atoms with van der Waals surface area (Å²) in [5, 5.41) is 0. The molecule has 1 aliphatic heterocycles. The molecule has 0 radical (unpaired) electrons. The molecule has 15 heavy (non-hydrogen) atoms. The molecule has 88 valence electrons. The van der Waals surface area contributed by atoms with Crippen LogP contribution in [-0.2, 0) is 9.53 Å². The average Bonchev–Trinajstić information content (AvgIpc) is 2.45. The van der Waals surface area contributed by atoms with E-state index in [-0.39, 0.29) is 11.6 Å². The molecule has 1 heterocycles. The Hall–Kier alpha value is -0.570. The lowest BCUT2D eigenvalue weighted by molar-refractivity contribution is -0.155. The smallest absolute Gasteiger partial charge is 0.307 e. The molecular formula is C12H23NO2. The summed E-state index contributed by atoms with van der Waals surface area (Å²) in [7, 11) is 0. The van der Waals surface area contributed by atoms with Crippen LogP contribution in [-0.4, -0.2) is 36.1 Å². The minimum atomic E-state index is -0.352. The van der Waals surface area contributed by atoms with Crippen LogP contribution in [0.25, 0.3) is 0 Å². The molecular weight excluding hydrogens is 190 g/mol. The Kier molecular flexibility index (Phi) is 4.14. The van der Waals surface area contributed by atoms with Gasteiger partial charge in [-0.2, -0.15) is 0 Å². The fraction of sp³-hybridized carbons (Fsp3) is 0.917.